The molecule has 3 aromatic rings. The molecule has 0 amide bonds. The smallest absolute Gasteiger partial charge is 0.205 e. The first-order valence-corrected chi connectivity index (χ1v) is 7.63. The highest BCUT2D eigenvalue weighted by molar-refractivity contribution is 9.10. The van der Waals surface area contributed by atoms with Crippen LogP contribution in [0, 0.1) is 0 Å². The summed E-state index contributed by atoms with van der Waals surface area (Å²) in [5.74, 6) is 1.65. The van der Waals surface area contributed by atoms with Crippen molar-refractivity contribution in [2.24, 2.45) is 0 Å². The molecule has 0 fully saturated rings. The van der Waals surface area contributed by atoms with Crippen molar-refractivity contribution >= 4 is 32.6 Å². The third-order valence-electron chi connectivity index (χ3n) is 2.80. The van der Waals surface area contributed by atoms with Gasteiger partial charge in [0.2, 0.25) is 5.13 Å². The standard InChI is InChI=1S/C14H12BrN3OS/c1-18(9-11-7-8-12(15)19-11)14-16-13(17-20-14)10-5-3-2-4-6-10/h2-8H,9H2,1H3. The molecule has 0 aliphatic carbocycles. The molecule has 0 bridgehead atoms. The van der Waals surface area contributed by atoms with Gasteiger partial charge in [-0.1, -0.05) is 30.3 Å². The molecule has 2 heterocycles. The van der Waals surface area contributed by atoms with Crippen molar-refractivity contribution in [2.45, 2.75) is 6.54 Å². The molecule has 0 N–H and O–H groups in total. The second kappa shape index (κ2) is 5.76. The second-order valence-corrected chi connectivity index (χ2v) is 5.84. The van der Waals surface area contributed by atoms with E-state index in [0.29, 0.717) is 6.54 Å². The summed E-state index contributed by atoms with van der Waals surface area (Å²) in [7, 11) is 1.98. The van der Waals surface area contributed by atoms with Crippen LogP contribution in [0.3, 0.4) is 0 Å². The van der Waals surface area contributed by atoms with E-state index in [1.807, 2.05) is 54.4 Å². The summed E-state index contributed by atoms with van der Waals surface area (Å²) in [5.41, 5.74) is 1.03. The monoisotopic (exact) mass is 349 g/mol. The van der Waals surface area contributed by atoms with E-state index in [9.17, 15) is 0 Å². The molecule has 0 atom stereocenters. The molecular weight excluding hydrogens is 338 g/mol. The van der Waals surface area contributed by atoms with E-state index in [1.165, 1.54) is 11.5 Å². The molecule has 102 valence electrons. The SMILES string of the molecule is CN(Cc1ccc(Br)o1)c1nc(-c2ccccc2)ns1. The van der Waals surface area contributed by atoms with E-state index >= 15 is 0 Å². The number of anilines is 1. The molecule has 3 rings (SSSR count). The first kappa shape index (κ1) is 13.3. The summed E-state index contributed by atoms with van der Waals surface area (Å²) in [5, 5.41) is 0.872. The normalized spacial score (nSPS) is 10.7. The minimum atomic E-state index is 0.662. The maximum Gasteiger partial charge on any atom is 0.205 e. The molecule has 0 aliphatic rings. The van der Waals surface area contributed by atoms with Crippen LogP contribution in [0.15, 0.2) is 51.6 Å². The van der Waals surface area contributed by atoms with Crippen LogP contribution in [-0.2, 0) is 6.54 Å². The van der Waals surface area contributed by atoms with E-state index in [4.69, 9.17) is 4.42 Å². The highest BCUT2D eigenvalue weighted by Crippen LogP contribution is 2.24. The maximum atomic E-state index is 5.50. The number of aromatic nitrogens is 2. The van der Waals surface area contributed by atoms with Gasteiger partial charge in [-0.05, 0) is 28.1 Å². The minimum Gasteiger partial charge on any atom is -0.452 e. The molecule has 0 saturated heterocycles. The van der Waals surface area contributed by atoms with E-state index < -0.39 is 0 Å². The number of hydrogen-bond acceptors (Lipinski definition) is 5. The zero-order valence-electron chi connectivity index (χ0n) is 10.8. The molecule has 0 aliphatic heterocycles. The first-order valence-electron chi connectivity index (χ1n) is 6.07. The highest BCUT2D eigenvalue weighted by atomic mass is 79.9. The van der Waals surface area contributed by atoms with Gasteiger partial charge >= 0.3 is 0 Å². The number of furan rings is 1. The molecule has 0 radical (unpaired) electrons. The van der Waals surface area contributed by atoms with Crippen molar-refractivity contribution in [1.82, 2.24) is 9.36 Å². The highest BCUT2D eigenvalue weighted by Gasteiger charge is 2.12. The van der Waals surface area contributed by atoms with Gasteiger partial charge in [-0.2, -0.15) is 9.36 Å². The summed E-state index contributed by atoms with van der Waals surface area (Å²) in [4.78, 5) is 6.59. The van der Waals surface area contributed by atoms with Crippen LogP contribution in [0.25, 0.3) is 11.4 Å². The summed E-state index contributed by atoms with van der Waals surface area (Å²) in [6.07, 6.45) is 0. The van der Waals surface area contributed by atoms with Gasteiger partial charge in [0, 0.05) is 24.1 Å². The second-order valence-electron chi connectivity index (χ2n) is 4.33. The van der Waals surface area contributed by atoms with Crippen LogP contribution in [0.4, 0.5) is 5.13 Å². The average Bonchev–Trinajstić information content (AvgIpc) is 3.09. The number of benzene rings is 1. The van der Waals surface area contributed by atoms with Crippen LogP contribution in [0.2, 0.25) is 0 Å². The van der Waals surface area contributed by atoms with Gasteiger partial charge in [0.15, 0.2) is 10.5 Å². The van der Waals surface area contributed by atoms with Gasteiger partial charge in [0.25, 0.3) is 0 Å². The molecule has 2 aromatic heterocycles. The third kappa shape index (κ3) is 2.91. The van der Waals surface area contributed by atoms with E-state index in [1.54, 1.807) is 0 Å². The number of hydrogen-bond donors (Lipinski definition) is 0. The summed E-state index contributed by atoms with van der Waals surface area (Å²) in [6.45, 7) is 0.662. The number of halogens is 1. The van der Waals surface area contributed by atoms with Crippen LogP contribution < -0.4 is 4.90 Å². The molecular formula is C14H12BrN3OS. The first-order chi connectivity index (χ1) is 9.72. The Labute approximate surface area is 129 Å². The van der Waals surface area contributed by atoms with E-state index in [0.717, 1.165) is 26.9 Å². The lowest BCUT2D eigenvalue weighted by atomic mass is 10.2. The average molecular weight is 350 g/mol. The predicted molar refractivity (Wildman–Crippen MR) is 83.9 cm³/mol. The molecule has 0 unspecified atom stereocenters. The molecule has 0 spiro atoms. The molecule has 20 heavy (non-hydrogen) atoms. The lowest BCUT2D eigenvalue weighted by molar-refractivity contribution is 0.486. The lowest BCUT2D eigenvalue weighted by Crippen LogP contribution is -2.15. The van der Waals surface area contributed by atoms with Gasteiger partial charge in [-0.25, -0.2) is 0 Å². The van der Waals surface area contributed by atoms with Crippen LogP contribution in [-0.4, -0.2) is 16.4 Å². The van der Waals surface area contributed by atoms with Crippen LogP contribution in [0.5, 0.6) is 0 Å². The van der Waals surface area contributed by atoms with Crippen molar-refractivity contribution < 1.29 is 4.42 Å². The Morgan fingerprint density at radius 1 is 1.20 bits per heavy atom. The zero-order chi connectivity index (χ0) is 13.9. The van der Waals surface area contributed by atoms with Crippen molar-refractivity contribution in [3.05, 3.63) is 52.9 Å². The van der Waals surface area contributed by atoms with E-state index in [-0.39, 0.29) is 0 Å². The maximum absolute atomic E-state index is 5.50. The van der Waals surface area contributed by atoms with Gasteiger partial charge in [-0.3, -0.25) is 0 Å². The Hall–Kier alpha value is -1.66. The summed E-state index contributed by atoms with van der Waals surface area (Å²) < 4.78 is 10.6. The number of nitrogens with zero attached hydrogens (tertiary/aromatic N) is 3. The van der Waals surface area contributed by atoms with E-state index in [2.05, 4.69) is 25.3 Å². The van der Waals surface area contributed by atoms with Gasteiger partial charge in [-0.15, -0.1) is 0 Å². The topological polar surface area (TPSA) is 42.2 Å². The summed E-state index contributed by atoms with van der Waals surface area (Å²) in [6, 6.07) is 13.8. The largest absolute Gasteiger partial charge is 0.452 e. The fourth-order valence-electron chi connectivity index (χ4n) is 1.81. The minimum absolute atomic E-state index is 0.662. The number of rotatable bonds is 4. The quantitative estimate of drug-likeness (QED) is 0.707. The Morgan fingerprint density at radius 2 is 2.00 bits per heavy atom. The predicted octanol–water partition coefficient (Wildman–Crippen LogP) is 4.20. The van der Waals surface area contributed by atoms with Crippen molar-refractivity contribution in [3.63, 3.8) is 0 Å². The lowest BCUT2D eigenvalue weighted by Gasteiger charge is -2.12. The fraction of sp³-hybridized carbons (Fsp3) is 0.143. The molecule has 0 saturated carbocycles. The van der Waals surface area contributed by atoms with Crippen LogP contribution in [0.1, 0.15) is 5.76 Å². The Morgan fingerprint density at radius 3 is 2.70 bits per heavy atom. The van der Waals surface area contributed by atoms with Crippen molar-refractivity contribution in [3.8, 4) is 11.4 Å². The Balaban J connectivity index is 1.76. The molecule has 4 nitrogen and oxygen atoms in total. The molecule has 6 heteroatoms. The summed E-state index contributed by atoms with van der Waals surface area (Å²) >= 11 is 4.69. The van der Waals surface area contributed by atoms with Gasteiger partial charge in [0.05, 0.1) is 6.54 Å². The third-order valence-corrected chi connectivity index (χ3v) is 4.05. The van der Waals surface area contributed by atoms with Crippen molar-refractivity contribution in [1.29, 1.82) is 0 Å². The van der Waals surface area contributed by atoms with Gasteiger partial charge < -0.3 is 9.32 Å². The molecule has 1 aromatic carbocycles. The zero-order valence-corrected chi connectivity index (χ0v) is 13.2. The Kier molecular flexibility index (Phi) is 3.84. The fourth-order valence-corrected chi connectivity index (χ4v) is 2.80. The van der Waals surface area contributed by atoms with Gasteiger partial charge in [0.1, 0.15) is 5.76 Å². The van der Waals surface area contributed by atoms with Crippen LogP contribution >= 0.6 is 27.5 Å². The Bertz CT molecular complexity index is 695. The van der Waals surface area contributed by atoms with Crippen molar-refractivity contribution in [2.75, 3.05) is 11.9 Å².